The van der Waals surface area contributed by atoms with Gasteiger partial charge in [0.1, 0.15) is 6.10 Å². The number of carbonyl (C=O) groups is 2. The maximum atomic E-state index is 12.5. The van der Waals surface area contributed by atoms with Gasteiger partial charge in [-0.15, -0.1) is 0 Å². The number of aryl methyl sites for hydroxylation is 2. The summed E-state index contributed by atoms with van der Waals surface area (Å²) in [5.74, 6) is -0.0369. The van der Waals surface area contributed by atoms with Crippen LogP contribution in [-0.2, 0) is 9.53 Å². The fourth-order valence-electron chi connectivity index (χ4n) is 4.57. The molecule has 2 unspecified atom stereocenters. The predicted octanol–water partition coefficient (Wildman–Crippen LogP) is 7.15. The first-order chi connectivity index (χ1) is 17.5. The first-order valence-electron chi connectivity index (χ1n) is 12.9. The molecule has 2 aromatic carbocycles. The number of ether oxygens (including phenoxy) is 1. The molecule has 1 aliphatic carbocycles. The number of allylic oxidation sites excluding steroid dienone is 1. The molecule has 3 rings (SSSR count). The number of hydrogen-bond acceptors (Lipinski definition) is 4. The van der Waals surface area contributed by atoms with Crippen LogP contribution in [0.4, 0.5) is 4.79 Å². The summed E-state index contributed by atoms with van der Waals surface area (Å²) in [6, 6.07) is 15.9. The molecule has 6 nitrogen and oxygen atoms in total. The van der Waals surface area contributed by atoms with Crippen LogP contribution in [-0.4, -0.2) is 24.2 Å². The third-order valence-electron chi connectivity index (χ3n) is 6.69. The number of nitrogens with one attached hydrogen (secondary N) is 2. The molecule has 6 heteroatoms. The SMILES string of the molecule is C=C(C)/C(NC(=O)OC(C)c1ccccc1C)=C(\NC)c1ccc(C)cc1.C[C@H]1CCCC(C(=O)O)C1. The van der Waals surface area contributed by atoms with Crippen molar-refractivity contribution in [2.45, 2.75) is 66.4 Å². The van der Waals surface area contributed by atoms with Gasteiger partial charge >= 0.3 is 12.1 Å². The fraction of sp³-hybridized carbons (Fsp3) is 0.419. The highest BCUT2D eigenvalue weighted by molar-refractivity contribution is 5.78. The van der Waals surface area contributed by atoms with Crippen molar-refractivity contribution in [1.82, 2.24) is 10.6 Å². The second-order valence-electron chi connectivity index (χ2n) is 9.98. The Hall–Kier alpha value is -3.54. The monoisotopic (exact) mass is 506 g/mol. The number of amides is 1. The lowest BCUT2D eigenvalue weighted by Crippen LogP contribution is -2.28. The third kappa shape index (κ3) is 9.12. The molecule has 1 saturated carbocycles. The number of hydrogen-bond donors (Lipinski definition) is 3. The molecule has 1 aliphatic rings. The molecule has 0 aromatic heterocycles. The van der Waals surface area contributed by atoms with E-state index < -0.39 is 12.1 Å². The number of carboxylic acid groups (broad SMARTS) is 1. The van der Waals surface area contributed by atoms with Crippen molar-refractivity contribution < 1.29 is 19.4 Å². The highest BCUT2D eigenvalue weighted by Gasteiger charge is 2.24. The summed E-state index contributed by atoms with van der Waals surface area (Å²) in [7, 11) is 1.82. The Kier molecular flexibility index (Phi) is 11.4. The quantitative estimate of drug-likeness (QED) is 0.347. The smallest absolute Gasteiger partial charge is 0.412 e. The van der Waals surface area contributed by atoms with Crippen molar-refractivity contribution in [1.29, 1.82) is 0 Å². The van der Waals surface area contributed by atoms with Crippen LogP contribution in [0.25, 0.3) is 5.70 Å². The van der Waals surface area contributed by atoms with Crippen LogP contribution in [0.5, 0.6) is 0 Å². The normalized spacial score (nSPS) is 18.3. The van der Waals surface area contributed by atoms with Crippen LogP contribution in [0, 0.1) is 25.7 Å². The molecule has 1 amide bonds. The minimum atomic E-state index is -0.605. The van der Waals surface area contributed by atoms with E-state index in [0.717, 1.165) is 47.2 Å². The Bertz CT molecular complexity index is 1100. The van der Waals surface area contributed by atoms with E-state index in [9.17, 15) is 9.59 Å². The van der Waals surface area contributed by atoms with Crippen LogP contribution >= 0.6 is 0 Å². The van der Waals surface area contributed by atoms with E-state index in [1.807, 2.05) is 83.3 Å². The minimum absolute atomic E-state index is 0.0521. The Balaban J connectivity index is 0.000000402. The van der Waals surface area contributed by atoms with Crippen molar-refractivity contribution in [3.05, 3.63) is 88.6 Å². The third-order valence-corrected chi connectivity index (χ3v) is 6.69. The Morgan fingerprint density at radius 3 is 2.24 bits per heavy atom. The number of rotatable bonds is 7. The molecule has 3 atom stereocenters. The summed E-state index contributed by atoms with van der Waals surface area (Å²) in [5.41, 5.74) is 6.36. The molecule has 37 heavy (non-hydrogen) atoms. The molecule has 200 valence electrons. The topological polar surface area (TPSA) is 87.7 Å². The Labute approximate surface area is 221 Å². The molecule has 0 saturated heterocycles. The van der Waals surface area contributed by atoms with E-state index in [2.05, 4.69) is 24.1 Å². The summed E-state index contributed by atoms with van der Waals surface area (Å²) in [4.78, 5) is 23.0. The second kappa shape index (κ2) is 14.3. The molecule has 0 heterocycles. The number of benzene rings is 2. The van der Waals surface area contributed by atoms with Gasteiger partial charge in [-0.1, -0.05) is 80.4 Å². The molecule has 0 radical (unpaired) electrons. The minimum Gasteiger partial charge on any atom is -0.481 e. The van der Waals surface area contributed by atoms with Crippen molar-refractivity contribution in [2.24, 2.45) is 11.8 Å². The van der Waals surface area contributed by atoms with Crippen LogP contribution in [0.3, 0.4) is 0 Å². The average molecular weight is 507 g/mol. The van der Waals surface area contributed by atoms with Gasteiger partial charge in [0.15, 0.2) is 0 Å². The zero-order chi connectivity index (χ0) is 27.5. The van der Waals surface area contributed by atoms with E-state index in [1.54, 1.807) is 0 Å². The summed E-state index contributed by atoms with van der Waals surface area (Å²) < 4.78 is 5.59. The van der Waals surface area contributed by atoms with Crippen LogP contribution in [0.1, 0.15) is 74.8 Å². The van der Waals surface area contributed by atoms with Crippen molar-refractivity contribution in [3.63, 3.8) is 0 Å². The van der Waals surface area contributed by atoms with Gasteiger partial charge in [0.25, 0.3) is 0 Å². The van der Waals surface area contributed by atoms with Crippen molar-refractivity contribution in [2.75, 3.05) is 7.05 Å². The van der Waals surface area contributed by atoms with Crippen molar-refractivity contribution >= 4 is 17.8 Å². The zero-order valence-corrected chi connectivity index (χ0v) is 23.1. The molecular formula is C31H42N2O4. The summed E-state index contributed by atoms with van der Waals surface area (Å²) >= 11 is 0. The van der Waals surface area contributed by atoms with Gasteiger partial charge in [-0.05, 0) is 68.7 Å². The fourth-order valence-corrected chi connectivity index (χ4v) is 4.57. The number of alkyl carbamates (subject to hydrolysis) is 1. The van der Waals surface area contributed by atoms with E-state index in [-0.39, 0.29) is 12.0 Å². The summed E-state index contributed by atoms with van der Waals surface area (Å²) in [5, 5.41) is 14.7. The Morgan fingerprint density at radius 2 is 1.73 bits per heavy atom. The summed E-state index contributed by atoms with van der Waals surface area (Å²) in [6.07, 6.45) is 3.22. The largest absolute Gasteiger partial charge is 0.481 e. The molecule has 3 N–H and O–H groups in total. The van der Waals surface area contributed by atoms with Crippen LogP contribution in [0.15, 0.2) is 66.4 Å². The van der Waals surface area contributed by atoms with Gasteiger partial charge in [0, 0.05) is 7.05 Å². The first kappa shape index (κ1) is 29.7. The van der Waals surface area contributed by atoms with Crippen molar-refractivity contribution in [3.8, 4) is 0 Å². The van der Waals surface area contributed by atoms with Gasteiger partial charge in [0.2, 0.25) is 0 Å². The van der Waals surface area contributed by atoms with Crippen LogP contribution in [0.2, 0.25) is 0 Å². The van der Waals surface area contributed by atoms with E-state index in [0.29, 0.717) is 11.6 Å². The maximum absolute atomic E-state index is 12.5. The number of carboxylic acids is 1. The van der Waals surface area contributed by atoms with E-state index in [4.69, 9.17) is 9.84 Å². The van der Waals surface area contributed by atoms with Gasteiger partial charge in [-0.25, -0.2) is 4.79 Å². The molecular weight excluding hydrogens is 464 g/mol. The van der Waals surface area contributed by atoms with Gasteiger partial charge < -0.3 is 15.2 Å². The Morgan fingerprint density at radius 1 is 1.08 bits per heavy atom. The van der Waals surface area contributed by atoms with Gasteiger partial charge in [0.05, 0.1) is 17.3 Å². The molecule has 0 spiro atoms. The van der Waals surface area contributed by atoms with E-state index >= 15 is 0 Å². The highest BCUT2D eigenvalue weighted by Crippen LogP contribution is 2.28. The lowest BCUT2D eigenvalue weighted by atomic mass is 9.83. The lowest BCUT2D eigenvalue weighted by molar-refractivity contribution is -0.143. The highest BCUT2D eigenvalue weighted by atomic mass is 16.6. The van der Waals surface area contributed by atoms with E-state index in [1.165, 1.54) is 12.0 Å². The number of aliphatic carboxylic acids is 1. The average Bonchev–Trinajstić information content (AvgIpc) is 2.85. The molecule has 2 aromatic rings. The maximum Gasteiger partial charge on any atom is 0.412 e. The van der Waals surface area contributed by atoms with Gasteiger partial charge in [-0.2, -0.15) is 0 Å². The predicted molar refractivity (Wildman–Crippen MR) is 150 cm³/mol. The summed E-state index contributed by atoms with van der Waals surface area (Å²) in [6.45, 7) is 13.9. The molecule has 0 aliphatic heterocycles. The lowest BCUT2D eigenvalue weighted by Gasteiger charge is -2.22. The standard InChI is InChI=1S/C23H28N2O2.C8H14O2/c1-15(2)21(22(24-6)19-13-11-16(3)12-14-19)25-23(26)27-18(5)20-10-8-7-9-17(20)4;1-6-3-2-4-7(5-6)8(9)10/h7-14,18,24H,1H2,2-6H3,(H,25,26);6-7H,2-5H2,1H3,(H,9,10)/b22-21+;/t;6-,7?/m.0/s1. The first-order valence-corrected chi connectivity index (χ1v) is 12.9. The van der Waals surface area contributed by atoms with Gasteiger partial charge in [-0.3, -0.25) is 10.1 Å². The molecule has 1 fully saturated rings. The number of carbonyl (C=O) groups excluding carboxylic acids is 1. The zero-order valence-electron chi connectivity index (χ0n) is 23.1. The molecule has 0 bridgehead atoms. The second-order valence-corrected chi connectivity index (χ2v) is 9.98. The van der Waals surface area contributed by atoms with Crippen LogP contribution < -0.4 is 10.6 Å².